The number of rotatable bonds is 3. The zero-order valence-electron chi connectivity index (χ0n) is 4.55. The summed E-state index contributed by atoms with van der Waals surface area (Å²) in [7, 11) is 0. The van der Waals surface area contributed by atoms with Crippen molar-refractivity contribution in [3.8, 4) is 0 Å². The Balaban J connectivity index is 2.68. The molecule has 0 amide bonds. The maximum atomic E-state index is 9.90. The van der Waals surface area contributed by atoms with Gasteiger partial charge in [-0.05, 0) is 13.0 Å². The summed E-state index contributed by atoms with van der Waals surface area (Å²) in [6.07, 6.45) is 1.91. The first kappa shape index (κ1) is 6.88. The number of nitrogens with two attached hydrogens (primary N) is 1. The van der Waals surface area contributed by atoms with E-state index in [2.05, 4.69) is 0 Å². The molecule has 0 aliphatic heterocycles. The number of unbranched alkanes of at least 4 members (excludes halogenated alkanes) is 1. The third-order valence-electron chi connectivity index (χ3n) is 0.732. The van der Waals surface area contributed by atoms with Crippen LogP contribution < -0.4 is 5.84 Å². The van der Waals surface area contributed by atoms with Crippen LogP contribution >= 0.6 is 0 Å². The highest BCUT2D eigenvalue weighted by molar-refractivity contribution is 4.43. The second-order valence-electron chi connectivity index (χ2n) is 1.49. The average Bonchev–Trinajstić information content (AvgIpc) is 1.61. The van der Waals surface area contributed by atoms with Crippen LogP contribution in [0.3, 0.4) is 0 Å². The molecule has 0 aromatic heterocycles. The van der Waals surface area contributed by atoms with Crippen LogP contribution in [0.25, 0.3) is 0 Å². The van der Waals surface area contributed by atoms with Gasteiger partial charge in [0, 0.05) is 0 Å². The Hall–Kier alpha value is -0.120. The highest BCUT2D eigenvalue weighted by Gasteiger charge is 1.78. The van der Waals surface area contributed by atoms with Gasteiger partial charge in [0.05, 0.1) is 0 Å². The highest BCUT2D eigenvalue weighted by Crippen LogP contribution is 1.85. The first-order valence-electron chi connectivity index (χ1n) is 2.46. The lowest BCUT2D eigenvalue weighted by Crippen LogP contribution is -2.24. The van der Waals surface area contributed by atoms with E-state index in [1.54, 1.807) is 0 Å². The molecule has 0 aliphatic rings. The van der Waals surface area contributed by atoms with E-state index in [0.29, 0.717) is 11.7 Å². The van der Waals surface area contributed by atoms with Gasteiger partial charge in [-0.15, -0.1) is 0 Å². The number of hydrogen-bond donors (Lipinski definition) is 1. The summed E-state index contributed by atoms with van der Waals surface area (Å²) in [6.45, 7) is 2.47. The molecule has 0 fully saturated rings. The van der Waals surface area contributed by atoms with Crippen molar-refractivity contribution in [1.82, 2.24) is 5.17 Å². The molecule has 0 bridgehead atoms. The van der Waals surface area contributed by atoms with Gasteiger partial charge in [0.1, 0.15) is 0 Å². The first-order valence-corrected chi connectivity index (χ1v) is 2.46. The summed E-state index contributed by atoms with van der Waals surface area (Å²) in [6, 6.07) is 0. The molecule has 3 heteroatoms. The quantitative estimate of drug-likeness (QED) is 0.417. The van der Waals surface area contributed by atoms with Crippen LogP contribution in [-0.4, -0.2) is 11.7 Å². The molecular weight excluding hydrogens is 92.1 g/mol. The maximum absolute atomic E-state index is 9.90. The van der Waals surface area contributed by atoms with Gasteiger partial charge in [-0.1, -0.05) is 13.3 Å². The van der Waals surface area contributed by atoms with E-state index in [0.717, 1.165) is 12.8 Å². The van der Waals surface area contributed by atoms with E-state index >= 15 is 0 Å². The van der Waals surface area contributed by atoms with Crippen LogP contribution in [0.2, 0.25) is 0 Å². The monoisotopic (exact) mass is 103 g/mol. The van der Waals surface area contributed by atoms with Gasteiger partial charge in [0.2, 0.25) is 0 Å². The first-order chi connectivity index (χ1) is 3.27. The summed E-state index contributed by atoms with van der Waals surface area (Å²) in [4.78, 5) is 0. The van der Waals surface area contributed by atoms with E-state index in [1.165, 1.54) is 0 Å². The fourth-order valence-corrected chi connectivity index (χ4v) is 0.314. The Labute approximate surface area is 43.7 Å². The largest absolute Gasteiger partial charge is 0.772 e. The van der Waals surface area contributed by atoms with Crippen molar-refractivity contribution in [2.24, 2.45) is 5.84 Å². The van der Waals surface area contributed by atoms with Crippen LogP contribution in [0.4, 0.5) is 0 Å². The molecule has 0 unspecified atom stereocenters. The molecule has 0 radical (unpaired) electrons. The topological polar surface area (TPSA) is 52.3 Å². The zero-order chi connectivity index (χ0) is 5.70. The molecule has 0 aromatic carbocycles. The van der Waals surface area contributed by atoms with E-state index < -0.39 is 0 Å². The molecule has 7 heavy (non-hydrogen) atoms. The fraction of sp³-hybridized carbons (Fsp3) is 1.00. The van der Waals surface area contributed by atoms with Crippen LogP contribution in [0, 0.1) is 5.21 Å². The Morgan fingerprint density at radius 2 is 2.29 bits per heavy atom. The van der Waals surface area contributed by atoms with Crippen molar-refractivity contribution in [1.29, 1.82) is 0 Å². The van der Waals surface area contributed by atoms with Crippen LogP contribution in [0.1, 0.15) is 19.8 Å². The molecule has 0 heterocycles. The van der Waals surface area contributed by atoms with Crippen molar-refractivity contribution in [3.05, 3.63) is 5.21 Å². The van der Waals surface area contributed by atoms with Gasteiger partial charge in [-0.25, -0.2) is 0 Å². The SMILES string of the molecule is CCCCN(N)[O-]. The number of hydroxylamine groups is 1. The lowest BCUT2D eigenvalue weighted by atomic mass is 10.3. The minimum absolute atomic E-state index is 0.455. The zero-order valence-corrected chi connectivity index (χ0v) is 4.55. The van der Waals surface area contributed by atoms with E-state index in [-0.39, 0.29) is 0 Å². The summed E-state index contributed by atoms with van der Waals surface area (Å²) in [5.74, 6) is 4.76. The van der Waals surface area contributed by atoms with Crippen molar-refractivity contribution in [2.75, 3.05) is 6.54 Å². The molecular formula is C4H11N2O-. The Kier molecular flexibility index (Phi) is 3.98. The number of nitrogens with zero attached hydrogens (tertiary/aromatic N) is 1. The summed E-state index contributed by atoms with van der Waals surface area (Å²) < 4.78 is 0. The normalized spacial score (nSPS) is 10.3. The molecule has 0 saturated carbocycles. The van der Waals surface area contributed by atoms with Crippen molar-refractivity contribution < 1.29 is 0 Å². The van der Waals surface area contributed by atoms with Crippen molar-refractivity contribution in [2.45, 2.75) is 19.8 Å². The second kappa shape index (κ2) is 4.05. The van der Waals surface area contributed by atoms with Gasteiger partial charge in [0.15, 0.2) is 0 Å². The Morgan fingerprint density at radius 1 is 1.71 bits per heavy atom. The van der Waals surface area contributed by atoms with Gasteiger partial charge in [-0.3, -0.25) is 5.84 Å². The Morgan fingerprint density at radius 3 is 2.43 bits per heavy atom. The van der Waals surface area contributed by atoms with Gasteiger partial charge >= 0.3 is 0 Å². The smallest absolute Gasteiger partial charge is 0.000792 e. The molecule has 3 nitrogen and oxygen atoms in total. The Bertz CT molecular complexity index is 38.7. The minimum Gasteiger partial charge on any atom is -0.772 e. The molecule has 2 N–H and O–H groups in total. The van der Waals surface area contributed by atoms with Crippen LogP contribution in [0.15, 0.2) is 0 Å². The van der Waals surface area contributed by atoms with Gasteiger partial charge < -0.3 is 10.4 Å². The fourth-order valence-electron chi connectivity index (χ4n) is 0.314. The van der Waals surface area contributed by atoms with E-state index in [4.69, 9.17) is 5.84 Å². The average molecular weight is 103 g/mol. The minimum atomic E-state index is 0.455. The van der Waals surface area contributed by atoms with Crippen LogP contribution in [-0.2, 0) is 0 Å². The van der Waals surface area contributed by atoms with E-state index in [9.17, 15) is 5.21 Å². The standard InChI is InChI=1S/C4H11N2O/c1-2-3-4-6(5)7/h2-5H2,1H3/q-1. The summed E-state index contributed by atoms with van der Waals surface area (Å²) in [5.41, 5.74) is 0. The number of hydrazine groups is 1. The molecule has 0 spiro atoms. The third kappa shape index (κ3) is 5.88. The summed E-state index contributed by atoms with van der Waals surface area (Å²) in [5, 5.41) is 10.4. The molecule has 44 valence electrons. The molecule has 0 aliphatic carbocycles. The number of hydrogen-bond acceptors (Lipinski definition) is 3. The third-order valence-corrected chi connectivity index (χ3v) is 0.732. The van der Waals surface area contributed by atoms with Crippen LogP contribution in [0.5, 0.6) is 0 Å². The predicted molar refractivity (Wildman–Crippen MR) is 29.2 cm³/mol. The lowest BCUT2D eigenvalue weighted by molar-refractivity contribution is 0.386. The molecule has 0 atom stereocenters. The van der Waals surface area contributed by atoms with E-state index in [1.807, 2.05) is 6.92 Å². The second-order valence-corrected chi connectivity index (χ2v) is 1.49. The molecule has 0 saturated heterocycles. The van der Waals surface area contributed by atoms with Crippen molar-refractivity contribution >= 4 is 0 Å². The van der Waals surface area contributed by atoms with Gasteiger partial charge in [0.25, 0.3) is 0 Å². The van der Waals surface area contributed by atoms with Gasteiger partial charge in [-0.2, -0.15) is 0 Å². The summed E-state index contributed by atoms with van der Waals surface area (Å²) >= 11 is 0. The lowest BCUT2D eigenvalue weighted by Gasteiger charge is -2.19. The maximum Gasteiger partial charge on any atom is -0.000792 e. The predicted octanol–water partition coefficient (Wildman–Crippen LogP) is 0.460. The molecule has 0 rings (SSSR count). The highest BCUT2D eigenvalue weighted by atomic mass is 16.5. The molecule has 0 aromatic rings. The van der Waals surface area contributed by atoms with Crippen molar-refractivity contribution in [3.63, 3.8) is 0 Å².